The fourth-order valence-corrected chi connectivity index (χ4v) is 3.98. The lowest BCUT2D eigenvalue weighted by Crippen LogP contribution is -2.48. The summed E-state index contributed by atoms with van der Waals surface area (Å²) in [6.07, 6.45) is 5.64. The maximum absolute atomic E-state index is 13.1. The Labute approximate surface area is 149 Å². The van der Waals surface area contributed by atoms with Crippen molar-refractivity contribution in [3.63, 3.8) is 0 Å². The summed E-state index contributed by atoms with van der Waals surface area (Å²) in [5, 5.41) is 7.06. The van der Waals surface area contributed by atoms with Crippen LogP contribution in [-0.2, 0) is 11.2 Å². The van der Waals surface area contributed by atoms with Gasteiger partial charge in [-0.3, -0.25) is 19.6 Å². The van der Waals surface area contributed by atoms with Crippen LogP contribution in [0.15, 0.2) is 6.20 Å². The molecule has 0 radical (unpaired) electrons. The molecule has 7 heteroatoms. The molecule has 138 valence electrons. The Hall–Kier alpha value is -1.89. The van der Waals surface area contributed by atoms with Gasteiger partial charge in [-0.2, -0.15) is 5.10 Å². The number of carbonyl (C=O) groups excluding carboxylic acids is 2. The Morgan fingerprint density at radius 2 is 2.08 bits per heavy atom. The summed E-state index contributed by atoms with van der Waals surface area (Å²) in [6.45, 7) is 5.00. The van der Waals surface area contributed by atoms with E-state index in [0.717, 1.165) is 51.0 Å². The van der Waals surface area contributed by atoms with Gasteiger partial charge in [-0.1, -0.05) is 13.3 Å². The molecule has 3 saturated heterocycles. The van der Waals surface area contributed by atoms with Crippen LogP contribution in [0.1, 0.15) is 42.2 Å². The summed E-state index contributed by atoms with van der Waals surface area (Å²) in [7, 11) is 3.58. The summed E-state index contributed by atoms with van der Waals surface area (Å²) in [4.78, 5) is 31.1. The molecule has 3 aliphatic heterocycles. The lowest BCUT2D eigenvalue weighted by Gasteiger charge is -2.36. The first kappa shape index (κ1) is 17.9. The fraction of sp³-hybridized carbons (Fsp3) is 0.722. The second-order valence-corrected chi connectivity index (χ2v) is 7.55. The molecule has 2 atom stereocenters. The zero-order valence-corrected chi connectivity index (χ0v) is 15.5. The largest absolute Gasteiger partial charge is 0.348 e. The molecule has 2 amide bonds. The fourth-order valence-electron chi connectivity index (χ4n) is 3.98. The first-order valence-corrected chi connectivity index (χ1v) is 9.25. The van der Waals surface area contributed by atoms with Gasteiger partial charge in [0.1, 0.15) is 0 Å². The minimum absolute atomic E-state index is 0.0905. The van der Waals surface area contributed by atoms with E-state index in [9.17, 15) is 9.59 Å². The predicted octanol–water partition coefficient (Wildman–Crippen LogP) is 0.987. The second-order valence-electron chi connectivity index (χ2n) is 7.55. The van der Waals surface area contributed by atoms with Crippen molar-refractivity contribution in [2.24, 2.45) is 5.92 Å². The van der Waals surface area contributed by atoms with Gasteiger partial charge in [0.2, 0.25) is 5.91 Å². The highest BCUT2D eigenvalue weighted by atomic mass is 16.2. The van der Waals surface area contributed by atoms with Crippen LogP contribution in [0.5, 0.6) is 0 Å². The molecule has 4 heterocycles. The van der Waals surface area contributed by atoms with Gasteiger partial charge in [0, 0.05) is 45.5 Å². The number of nitrogens with one attached hydrogen (secondary N) is 1. The zero-order valence-electron chi connectivity index (χ0n) is 15.5. The molecule has 2 bridgehead atoms. The summed E-state index contributed by atoms with van der Waals surface area (Å²) in [5.41, 5.74) is 1.65. The molecule has 1 N–H and O–H groups in total. The third-order valence-corrected chi connectivity index (χ3v) is 5.36. The van der Waals surface area contributed by atoms with Crippen LogP contribution in [0.3, 0.4) is 0 Å². The monoisotopic (exact) mass is 347 g/mol. The Balaban J connectivity index is 1.73. The number of aromatic amines is 1. The number of carbonyl (C=O) groups is 2. The smallest absolute Gasteiger partial charge is 0.257 e. The summed E-state index contributed by atoms with van der Waals surface area (Å²) in [5.74, 6) is 0.658. The number of fused-ring (bicyclic) bond motifs is 4. The lowest BCUT2D eigenvalue weighted by atomic mass is 9.94. The summed E-state index contributed by atoms with van der Waals surface area (Å²) < 4.78 is 0. The second kappa shape index (κ2) is 7.56. The van der Waals surface area contributed by atoms with Crippen LogP contribution in [0.4, 0.5) is 0 Å². The van der Waals surface area contributed by atoms with Crippen molar-refractivity contribution in [2.45, 2.75) is 38.6 Å². The number of nitrogens with zero attached hydrogens (tertiary/aromatic N) is 4. The van der Waals surface area contributed by atoms with E-state index in [4.69, 9.17) is 0 Å². The molecule has 0 aliphatic carbocycles. The first-order chi connectivity index (χ1) is 12.0. The minimum Gasteiger partial charge on any atom is -0.348 e. The molecular weight excluding hydrogens is 318 g/mol. The van der Waals surface area contributed by atoms with Gasteiger partial charge in [-0.05, 0) is 25.2 Å². The Morgan fingerprint density at radius 1 is 1.28 bits per heavy atom. The van der Waals surface area contributed by atoms with Crippen molar-refractivity contribution in [1.29, 1.82) is 0 Å². The number of hydrogen-bond acceptors (Lipinski definition) is 4. The van der Waals surface area contributed by atoms with Crippen molar-refractivity contribution < 1.29 is 9.59 Å². The number of piperidine rings is 1. The molecule has 25 heavy (non-hydrogen) atoms. The molecule has 7 nitrogen and oxygen atoms in total. The summed E-state index contributed by atoms with van der Waals surface area (Å²) in [6, 6.07) is 0.186. The number of hydrogen-bond donors (Lipinski definition) is 1. The Kier molecular flexibility index (Phi) is 5.42. The quantitative estimate of drug-likeness (QED) is 0.862. The standard InChI is InChI=1S/C18H29N5O2/c1-4-5-16-15(8-19-20-16)18(25)23-10-13-6-7-14(23)11-22(9-13)12-17(24)21(2)3/h8,13-14H,4-7,9-12H2,1-3H3,(H,19,20)/t13-,14+/m0/s1. The van der Waals surface area contributed by atoms with E-state index in [1.807, 2.05) is 4.90 Å². The van der Waals surface area contributed by atoms with E-state index in [1.165, 1.54) is 0 Å². The highest BCUT2D eigenvalue weighted by molar-refractivity contribution is 5.95. The van der Waals surface area contributed by atoms with Crippen molar-refractivity contribution in [3.05, 3.63) is 17.5 Å². The van der Waals surface area contributed by atoms with Crippen molar-refractivity contribution >= 4 is 11.8 Å². The van der Waals surface area contributed by atoms with Gasteiger partial charge < -0.3 is 9.80 Å². The average Bonchev–Trinajstić information content (AvgIpc) is 2.86. The number of aromatic nitrogens is 2. The van der Waals surface area contributed by atoms with E-state index in [2.05, 4.69) is 22.0 Å². The highest BCUT2D eigenvalue weighted by Gasteiger charge is 2.38. The number of aryl methyl sites for hydroxylation is 1. The maximum atomic E-state index is 13.1. The number of likely N-dealkylation sites (N-methyl/N-ethyl adjacent to an activating group) is 1. The Bertz CT molecular complexity index is 627. The molecule has 1 aromatic rings. The molecule has 1 aromatic heterocycles. The zero-order chi connectivity index (χ0) is 18.0. The molecule has 0 spiro atoms. The molecular formula is C18H29N5O2. The van der Waals surface area contributed by atoms with Gasteiger partial charge in [-0.15, -0.1) is 0 Å². The third-order valence-electron chi connectivity index (χ3n) is 5.36. The normalized spacial score (nSPS) is 23.6. The topological polar surface area (TPSA) is 72.5 Å². The minimum atomic E-state index is 0.0905. The van der Waals surface area contributed by atoms with Crippen LogP contribution in [0.2, 0.25) is 0 Å². The van der Waals surface area contributed by atoms with Gasteiger partial charge >= 0.3 is 0 Å². The Morgan fingerprint density at radius 3 is 2.80 bits per heavy atom. The first-order valence-electron chi connectivity index (χ1n) is 9.25. The number of rotatable bonds is 5. The average molecular weight is 347 g/mol. The highest BCUT2D eigenvalue weighted by Crippen LogP contribution is 2.29. The van der Waals surface area contributed by atoms with E-state index in [0.29, 0.717) is 18.0 Å². The van der Waals surface area contributed by atoms with Crippen molar-refractivity contribution in [1.82, 2.24) is 24.9 Å². The SMILES string of the molecule is CCCc1[nH]ncc1C(=O)N1C[C@H]2CC[C@@H]1CN(CC(=O)N(C)C)C2. The number of H-pyrrole nitrogens is 1. The summed E-state index contributed by atoms with van der Waals surface area (Å²) >= 11 is 0. The third kappa shape index (κ3) is 3.86. The molecule has 3 fully saturated rings. The van der Waals surface area contributed by atoms with Crippen LogP contribution < -0.4 is 0 Å². The molecule has 0 saturated carbocycles. The van der Waals surface area contributed by atoms with Crippen molar-refractivity contribution in [3.8, 4) is 0 Å². The van der Waals surface area contributed by atoms with Gasteiger partial charge in [0.15, 0.2) is 0 Å². The van der Waals surface area contributed by atoms with Crippen LogP contribution in [-0.4, -0.2) is 83.0 Å². The van der Waals surface area contributed by atoms with E-state index in [1.54, 1.807) is 25.2 Å². The number of amides is 2. The van der Waals surface area contributed by atoms with E-state index < -0.39 is 0 Å². The predicted molar refractivity (Wildman–Crippen MR) is 95.3 cm³/mol. The molecule has 3 aliphatic rings. The van der Waals surface area contributed by atoms with Gasteiger partial charge in [-0.25, -0.2) is 0 Å². The van der Waals surface area contributed by atoms with E-state index >= 15 is 0 Å². The van der Waals surface area contributed by atoms with E-state index in [-0.39, 0.29) is 17.9 Å². The molecule has 0 aromatic carbocycles. The van der Waals surface area contributed by atoms with Crippen LogP contribution >= 0.6 is 0 Å². The van der Waals surface area contributed by atoms with Crippen LogP contribution in [0.25, 0.3) is 0 Å². The van der Waals surface area contributed by atoms with Crippen LogP contribution in [0, 0.1) is 5.92 Å². The van der Waals surface area contributed by atoms with Crippen molar-refractivity contribution in [2.75, 3.05) is 40.3 Å². The van der Waals surface area contributed by atoms with Gasteiger partial charge in [0.25, 0.3) is 5.91 Å². The molecule has 0 unspecified atom stereocenters. The lowest BCUT2D eigenvalue weighted by molar-refractivity contribution is -0.129. The van der Waals surface area contributed by atoms with Gasteiger partial charge in [0.05, 0.1) is 18.3 Å². The maximum Gasteiger partial charge on any atom is 0.257 e. The molecule has 4 rings (SSSR count).